The van der Waals surface area contributed by atoms with Crippen molar-refractivity contribution in [2.45, 2.75) is 18.9 Å². The van der Waals surface area contributed by atoms with Crippen molar-refractivity contribution < 1.29 is 14.7 Å². The monoisotopic (exact) mass is 468 g/mol. The molecule has 178 valence electrons. The number of phenolic OH excluding ortho intramolecular Hbond substituents is 1. The molecule has 3 aromatic rings. The van der Waals surface area contributed by atoms with Crippen molar-refractivity contribution in [3.63, 3.8) is 0 Å². The highest BCUT2D eigenvalue weighted by molar-refractivity contribution is 6.07. The lowest BCUT2D eigenvalue weighted by Crippen LogP contribution is -2.44. The third-order valence-corrected chi connectivity index (χ3v) is 6.92. The van der Waals surface area contributed by atoms with Crippen LogP contribution in [0.1, 0.15) is 29.3 Å². The molecule has 7 heteroatoms. The zero-order valence-corrected chi connectivity index (χ0v) is 19.6. The summed E-state index contributed by atoms with van der Waals surface area (Å²) < 4.78 is 0. The summed E-state index contributed by atoms with van der Waals surface area (Å²) in [5.41, 5.74) is 8.27. The number of carbonyl (C=O) groups excluding carboxylic acids is 2. The Morgan fingerprint density at radius 1 is 1.06 bits per heavy atom. The smallest absolute Gasteiger partial charge is 0.261 e. The molecule has 0 aliphatic carbocycles. The zero-order chi connectivity index (χ0) is 24.6. The van der Waals surface area contributed by atoms with Crippen LogP contribution in [0.4, 0.5) is 0 Å². The molecule has 35 heavy (non-hydrogen) atoms. The minimum atomic E-state index is -1.13. The second-order valence-corrected chi connectivity index (χ2v) is 9.36. The van der Waals surface area contributed by atoms with Gasteiger partial charge in [0.05, 0.1) is 0 Å². The van der Waals surface area contributed by atoms with Crippen LogP contribution in [0.5, 0.6) is 5.75 Å². The van der Waals surface area contributed by atoms with Crippen LogP contribution in [0.25, 0.3) is 11.1 Å². The maximum Gasteiger partial charge on any atom is 0.261 e. The van der Waals surface area contributed by atoms with Crippen molar-refractivity contribution in [2.75, 3.05) is 19.6 Å². The molecule has 1 saturated heterocycles. The molecule has 2 atom stereocenters. The van der Waals surface area contributed by atoms with Crippen LogP contribution in [0.2, 0.25) is 0 Å². The van der Waals surface area contributed by atoms with E-state index in [0.717, 1.165) is 23.1 Å². The topological polar surface area (TPSA) is 99.2 Å². The fraction of sp³-hybridized carbons (Fsp3) is 0.250. The summed E-state index contributed by atoms with van der Waals surface area (Å²) in [6, 6.07) is 23.9. The number of aromatic hydroxyl groups is 1. The molecule has 2 unspecified atom stereocenters. The van der Waals surface area contributed by atoms with Gasteiger partial charge < -0.3 is 15.7 Å². The summed E-state index contributed by atoms with van der Waals surface area (Å²) in [5, 5.41) is 9.85. The van der Waals surface area contributed by atoms with E-state index >= 15 is 0 Å². The third-order valence-electron chi connectivity index (χ3n) is 6.92. The number of nitrogens with two attached hydrogens (primary N) is 1. The molecule has 3 N–H and O–H groups in total. The lowest BCUT2D eigenvalue weighted by atomic mass is 9.89. The number of guanidine groups is 1. The number of aliphatic imine (C=N–C) groups is 1. The molecular weight excluding hydrogens is 440 g/mol. The van der Waals surface area contributed by atoms with E-state index in [-0.39, 0.29) is 29.4 Å². The van der Waals surface area contributed by atoms with Gasteiger partial charge in [0.15, 0.2) is 11.5 Å². The van der Waals surface area contributed by atoms with Gasteiger partial charge in [-0.3, -0.25) is 14.5 Å². The Kier molecular flexibility index (Phi) is 5.76. The maximum absolute atomic E-state index is 13.6. The first-order chi connectivity index (χ1) is 16.8. The number of hydrogen-bond donors (Lipinski definition) is 2. The van der Waals surface area contributed by atoms with E-state index in [2.05, 4.69) is 4.99 Å². The maximum atomic E-state index is 13.6. The summed E-state index contributed by atoms with van der Waals surface area (Å²) in [7, 11) is 0. The van der Waals surface area contributed by atoms with Crippen LogP contribution < -0.4 is 5.73 Å². The number of nitrogens with zero attached hydrogens (tertiary/aromatic N) is 3. The molecule has 2 aliphatic rings. The number of carbonyl (C=O) groups is 2. The van der Waals surface area contributed by atoms with Crippen molar-refractivity contribution in [1.29, 1.82) is 0 Å². The van der Waals surface area contributed by atoms with Crippen LogP contribution in [0.15, 0.2) is 83.9 Å². The SMILES string of the molecule is CC1(c2cccc(-c3cccc(O)c3)c2)N=C(N)N(CC2CCN(C(=O)c3ccccc3)C2)C1=O. The molecule has 2 amide bonds. The van der Waals surface area contributed by atoms with Gasteiger partial charge in [-0.1, -0.05) is 48.5 Å². The van der Waals surface area contributed by atoms with Crippen LogP contribution in [-0.2, 0) is 10.3 Å². The molecule has 0 bridgehead atoms. The molecular formula is C28H28N4O3. The Labute approximate surface area is 204 Å². The van der Waals surface area contributed by atoms with Crippen LogP contribution >= 0.6 is 0 Å². The van der Waals surface area contributed by atoms with Gasteiger partial charge >= 0.3 is 0 Å². The van der Waals surface area contributed by atoms with E-state index < -0.39 is 5.54 Å². The molecule has 3 aromatic carbocycles. The average molecular weight is 469 g/mol. The first-order valence-electron chi connectivity index (χ1n) is 11.8. The van der Waals surface area contributed by atoms with Gasteiger partial charge in [0, 0.05) is 25.2 Å². The molecule has 0 aromatic heterocycles. The molecule has 5 rings (SSSR count). The van der Waals surface area contributed by atoms with Crippen LogP contribution in [-0.4, -0.2) is 52.3 Å². The van der Waals surface area contributed by atoms with E-state index in [1.165, 1.54) is 0 Å². The fourth-order valence-electron chi connectivity index (χ4n) is 4.94. The van der Waals surface area contributed by atoms with E-state index in [9.17, 15) is 14.7 Å². The Bertz CT molecular complexity index is 1310. The van der Waals surface area contributed by atoms with E-state index in [1.54, 1.807) is 30.0 Å². The Morgan fingerprint density at radius 3 is 2.51 bits per heavy atom. The van der Waals surface area contributed by atoms with Crippen molar-refractivity contribution in [2.24, 2.45) is 16.6 Å². The van der Waals surface area contributed by atoms with Gasteiger partial charge in [0.1, 0.15) is 5.75 Å². The summed E-state index contributed by atoms with van der Waals surface area (Å²) in [5.74, 6) is 0.349. The Morgan fingerprint density at radius 2 is 1.77 bits per heavy atom. The molecule has 0 spiro atoms. The largest absolute Gasteiger partial charge is 0.508 e. The first-order valence-corrected chi connectivity index (χ1v) is 11.8. The van der Waals surface area contributed by atoms with Crippen molar-refractivity contribution in [3.05, 3.63) is 90.0 Å². The zero-order valence-electron chi connectivity index (χ0n) is 19.6. The number of hydrogen-bond acceptors (Lipinski definition) is 5. The Balaban J connectivity index is 1.31. The number of rotatable bonds is 5. The predicted octanol–water partition coefficient (Wildman–Crippen LogP) is 3.59. The summed E-state index contributed by atoms with van der Waals surface area (Å²) >= 11 is 0. The predicted molar refractivity (Wildman–Crippen MR) is 135 cm³/mol. The van der Waals surface area contributed by atoms with Gasteiger partial charge in [-0.05, 0) is 66.3 Å². The quantitative estimate of drug-likeness (QED) is 0.598. The standard InChI is InChI=1S/C28H28N4O3/c1-28(23-11-5-9-21(15-23)22-10-6-12-24(33)16-22)26(35)32(27(29)30-28)18-19-13-14-31(17-19)25(34)20-7-3-2-4-8-20/h2-12,15-16,19,33H,13-14,17-18H2,1H3,(H2,29,30). The highest BCUT2D eigenvalue weighted by Crippen LogP contribution is 2.36. The highest BCUT2D eigenvalue weighted by atomic mass is 16.3. The van der Waals surface area contributed by atoms with Gasteiger partial charge in [0.25, 0.3) is 11.8 Å². The molecule has 1 fully saturated rings. The number of benzene rings is 3. The van der Waals surface area contributed by atoms with Gasteiger partial charge in [0.2, 0.25) is 0 Å². The fourth-order valence-corrected chi connectivity index (χ4v) is 4.94. The van der Waals surface area contributed by atoms with Gasteiger partial charge in [-0.15, -0.1) is 0 Å². The molecule has 2 aliphatic heterocycles. The Hall–Kier alpha value is -4.13. The van der Waals surface area contributed by atoms with Crippen molar-refractivity contribution in [3.8, 4) is 16.9 Å². The van der Waals surface area contributed by atoms with Gasteiger partial charge in [-0.2, -0.15) is 0 Å². The van der Waals surface area contributed by atoms with Gasteiger partial charge in [-0.25, -0.2) is 4.99 Å². The van der Waals surface area contributed by atoms with Crippen molar-refractivity contribution in [1.82, 2.24) is 9.80 Å². The van der Waals surface area contributed by atoms with E-state index in [1.807, 2.05) is 65.6 Å². The number of phenols is 1. The molecule has 0 radical (unpaired) electrons. The molecule has 0 saturated carbocycles. The second kappa shape index (κ2) is 8.91. The van der Waals surface area contributed by atoms with E-state index in [0.29, 0.717) is 25.2 Å². The van der Waals surface area contributed by atoms with Crippen molar-refractivity contribution >= 4 is 17.8 Å². The molecule has 2 heterocycles. The lowest BCUT2D eigenvalue weighted by molar-refractivity contribution is -0.131. The lowest BCUT2D eigenvalue weighted by Gasteiger charge is -2.25. The minimum absolute atomic E-state index is 0.0103. The average Bonchev–Trinajstić information content (AvgIpc) is 3.43. The van der Waals surface area contributed by atoms with E-state index in [4.69, 9.17) is 5.73 Å². The first kappa shape index (κ1) is 22.7. The number of amides is 2. The number of likely N-dealkylation sites (tertiary alicyclic amines) is 1. The second-order valence-electron chi connectivity index (χ2n) is 9.36. The third kappa shape index (κ3) is 4.25. The summed E-state index contributed by atoms with van der Waals surface area (Å²) in [6.07, 6.45) is 0.805. The minimum Gasteiger partial charge on any atom is -0.508 e. The van der Waals surface area contributed by atoms with Crippen LogP contribution in [0, 0.1) is 5.92 Å². The highest BCUT2D eigenvalue weighted by Gasteiger charge is 2.46. The molecule has 7 nitrogen and oxygen atoms in total. The van der Waals surface area contributed by atoms with Crippen LogP contribution in [0.3, 0.4) is 0 Å². The summed E-state index contributed by atoms with van der Waals surface area (Å²) in [4.78, 5) is 34.4. The summed E-state index contributed by atoms with van der Waals surface area (Å²) in [6.45, 7) is 3.44. The normalized spacial score (nSPS) is 21.9.